The van der Waals surface area contributed by atoms with Crippen molar-refractivity contribution in [3.05, 3.63) is 59.4 Å². The van der Waals surface area contributed by atoms with Crippen LogP contribution in [-0.4, -0.2) is 29.9 Å². The van der Waals surface area contributed by atoms with Crippen LogP contribution in [0.15, 0.2) is 42.6 Å². The van der Waals surface area contributed by atoms with Crippen LogP contribution in [0.3, 0.4) is 0 Å². The first-order chi connectivity index (χ1) is 12.7. The fourth-order valence-corrected chi connectivity index (χ4v) is 3.05. The van der Waals surface area contributed by atoms with E-state index in [4.69, 9.17) is 4.74 Å². The Morgan fingerprint density at radius 1 is 1.12 bits per heavy atom. The third-order valence-electron chi connectivity index (χ3n) is 4.56. The summed E-state index contributed by atoms with van der Waals surface area (Å²) >= 11 is 0. The Balaban J connectivity index is 1.59. The number of nitrogens with one attached hydrogen (secondary N) is 2. The van der Waals surface area contributed by atoms with Crippen LogP contribution < -0.4 is 15.4 Å². The maximum atomic E-state index is 12.4. The van der Waals surface area contributed by atoms with Crippen LogP contribution in [0, 0.1) is 0 Å². The molecular formula is C20H23N3O3. The molecule has 6 heteroatoms. The molecule has 2 amide bonds. The summed E-state index contributed by atoms with van der Waals surface area (Å²) in [5.41, 5.74) is 1.66. The Morgan fingerprint density at radius 2 is 1.85 bits per heavy atom. The Morgan fingerprint density at radius 3 is 2.54 bits per heavy atom. The van der Waals surface area contributed by atoms with Gasteiger partial charge in [0, 0.05) is 24.3 Å². The van der Waals surface area contributed by atoms with Crippen molar-refractivity contribution in [2.75, 3.05) is 7.11 Å². The lowest BCUT2D eigenvalue weighted by Crippen LogP contribution is -2.33. The van der Waals surface area contributed by atoms with Gasteiger partial charge in [0.05, 0.1) is 7.11 Å². The number of pyridine rings is 1. The minimum atomic E-state index is -0.238. The highest BCUT2D eigenvalue weighted by Crippen LogP contribution is 2.18. The summed E-state index contributed by atoms with van der Waals surface area (Å²) in [5.74, 6) is 0.312. The van der Waals surface area contributed by atoms with Gasteiger partial charge in [0.25, 0.3) is 11.8 Å². The molecule has 0 unspecified atom stereocenters. The molecule has 3 rings (SSSR count). The first-order valence-electron chi connectivity index (χ1n) is 8.84. The summed E-state index contributed by atoms with van der Waals surface area (Å²) in [6, 6.07) is 10.8. The number of aromatic nitrogens is 1. The van der Waals surface area contributed by atoms with E-state index in [9.17, 15) is 9.59 Å². The van der Waals surface area contributed by atoms with Crippen molar-refractivity contribution in [3.63, 3.8) is 0 Å². The van der Waals surface area contributed by atoms with E-state index >= 15 is 0 Å². The number of hydrogen-bond donors (Lipinski definition) is 2. The van der Waals surface area contributed by atoms with Gasteiger partial charge in [0.1, 0.15) is 11.4 Å². The van der Waals surface area contributed by atoms with Crippen LogP contribution in [0.25, 0.3) is 0 Å². The smallest absolute Gasteiger partial charge is 0.270 e. The van der Waals surface area contributed by atoms with E-state index in [2.05, 4.69) is 15.6 Å². The minimum absolute atomic E-state index is 0.219. The van der Waals surface area contributed by atoms with E-state index in [0.29, 0.717) is 12.1 Å². The molecule has 1 saturated carbocycles. The lowest BCUT2D eigenvalue weighted by molar-refractivity contribution is 0.0933. The average molecular weight is 353 g/mol. The maximum Gasteiger partial charge on any atom is 0.270 e. The zero-order valence-electron chi connectivity index (χ0n) is 14.8. The summed E-state index contributed by atoms with van der Waals surface area (Å²) in [5, 5.41) is 5.84. The third-order valence-corrected chi connectivity index (χ3v) is 4.56. The molecule has 6 nitrogen and oxygen atoms in total. The van der Waals surface area contributed by atoms with Crippen molar-refractivity contribution < 1.29 is 14.3 Å². The number of benzene rings is 1. The first-order valence-corrected chi connectivity index (χ1v) is 8.84. The summed E-state index contributed by atoms with van der Waals surface area (Å²) < 4.78 is 5.11. The lowest BCUT2D eigenvalue weighted by atomic mass is 10.1. The summed E-state index contributed by atoms with van der Waals surface area (Å²) in [4.78, 5) is 28.8. The zero-order valence-corrected chi connectivity index (χ0v) is 14.8. The van der Waals surface area contributed by atoms with E-state index in [0.717, 1.165) is 37.0 Å². The van der Waals surface area contributed by atoms with E-state index < -0.39 is 0 Å². The predicted molar refractivity (Wildman–Crippen MR) is 98.1 cm³/mol. The van der Waals surface area contributed by atoms with E-state index in [1.165, 1.54) is 12.3 Å². The molecule has 0 atom stereocenters. The zero-order chi connectivity index (χ0) is 18.4. The summed E-state index contributed by atoms with van der Waals surface area (Å²) in [6.07, 6.45) is 5.80. The van der Waals surface area contributed by atoms with Gasteiger partial charge in [-0.15, -0.1) is 0 Å². The monoisotopic (exact) mass is 353 g/mol. The van der Waals surface area contributed by atoms with Crippen LogP contribution >= 0.6 is 0 Å². The third kappa shape index (κ3) is 4.59. The molecule has 1 aliphatic carbocycles. The molecule has 0 aliphatic heterocycles. The normalized spacial score (nSPS) is 14.0. The van der Waals surface area contributed by atoms with Gasteiger partial charge in [-0.2, -0.15) is 0 Å². The van der Waals surface area contributed by atoms with Crippen LogP contribution in [0.4, 0.5) is 0 Å². The number of nitrogens with zero attached hydrogens (tertiary/aromatic N) is 1. The predicted octanol–water partition coefficient (Wildman–Crippen LogP) is 2.69. The molecular weight excluding hydrogens is 330 g/mol. The van der Waals surface area contributed by atoms with Gasteiger partial charge in [-0.05, 0) is 42.7 Å². The molecule has 2 N–H and O–H groups in total. The molecule has 2 aromatic rings. The first kappa shape index (κ1) is 17.9. The van der Waals surface area contributed by atoms with Gasteiger partial charge in [-0.1, -0.05) is 25.0 Å². The molecule has 1 heterocycles. The molecule has 1 aromatic heterocycles. The van der Waals surface area contributed by atoms with Crippen molar-refractivity contribution in [3.8, 4) is 5.75 Å². The van der Waals surface area contributed by atoms with E-state index in [-0.39, 0.29) is 23.6 Å². The second kappa shape index (κ2) is 8.47. The van der Waals surface area contributed by atoms with Gasteiger partial charge in [-0.3, -0.25) is 14.6 Å². The van der Waals surface area contributed by atoms with Gasteiger partial charge in [0.2, 0.25) is 0 Å². The van der Waals surface area contributed by atoms with E-state index in [1.54, 1.807) is 13.2 Å². The van der Waals surface area contributed by atoms with Crippen molar-refractivity contribution in [1.29, 1.82) is 0 Å². The number of carbonyl (C=O) groups excluding carboxylic acids is 2. The standard InChI is InChI=1S/C20H23N3O3/c1-26-17-8-6-14(7-9-17)13-22-19(24)15-10-11-21-18(12-15)20(25)23-16-4-2-3-5-16/h6-12,16H,2-5,13H2,1H3,(H,22,24)(H,23,25). The molecule has 0 radical (unpaired) electrons. The molecule has 0 spiro atoms. The van der Waals surface area contributed by atoms with E-state index in [1.807, 2.05) is 24.3 Å². The molecule has 0 bridgehead atoms. The van der Waals surface area contributed by atoms with Crippen molar-refractivity contribution in [1.82, 2.24) is 15.6 Å². The molecule has 1 fully saturated rings. The highest BCUT2D eigenvalue weighted by Gasteiger charge is 2.19. The van der Waals surface area contributed by atoms with Crippen LogP contribution in [0.2, 0.25) is 0 Å². The molecule has 1 aromatic carbocycles. The van der Waals surface area contributed by atoms with Crippen LogP contribution in [0.1, 0.15) is 52.1 Å². The van der Waals surface area contributed by atoms with Gasteiger partial charge in [-0.25, -0.2) is 0 Å². The van der Waals surface area contributed by atoms with Crippen LogP contribution in [-0.2, 0) is 6.54 Å². The highest BCUT2D eigenvalue weighted by molar-refractivity contribution is 5.98. The molecule has 26 heavy (non-hydrogen) atoms. The van der Waals surface area contributed by atoms with Crippen LogP contribution in [0.5, 0.6) is 5.75 Å². The van der Waals surface area contributed by atoms with Gasteiger partial charge in [0.15, 0.2) is 0 Å². The quantitative estimate of drug-likeness (QED) is 0.837. The lowest BCUT2D eigenvalue weighted by Gasteiger charge is -2.12. The van der Waals surface area contributed by atoms with Gasteiger partial charge >= 0.3 is 0 Å². The highest BCUT2D eigenvalue weighted by atomic mass is 16.5. The SMILES string of the molecule is COc1ccc(CNC(=O)c2ccnc(C(=O)NC3CCCC3)c2)cc1. The molecule has 136 valence electrons. The number of ether oxygens (including phenoxy) is 1. The average Bonchev–Trinajstić information content (AvgIpc) is 3.19. The number of carbonyl (C=O) groups is 2. The number of hydrogen-bond acceptors (Lipinski definition) is 4. The number of amides is 2. The maximum absolute atomic E-state index is 12.4. The van der Waals surface area contributed by atoms with Crippen molar-refractivity contribution >= 4 is 11.8 Å². The fraction of sp³-hybridized carbons (Fsp3) is 0.350. The Labute approximate surface area is 153 Å². The number of rotatable bonds is 6. The Kier molecular flexibility index (Phi) is 5.84. The van der Waals surface area contributed by atoms with Crippen molar-refractivity contribution in [2.45, 2.75) is 38.3 Å². The molecule has 1 aliphatic rings. The Hall–Kier alpha value is -2.89. The Bertz CT molecular complexity index is 768. The summed E-state index contributed by atoms with van der Waals surface area (Å²) in [7, 11) is 1.61. The largest absolute Gasteiger partial charge is 0.497 e. The second-order valence-corrected chi connectivity index (χ2v) is 6.42. The molecule has 0 saturated heterocycles. The number of methoxy groups -OCH3 is 1. The minimum Gasteiger partial charge on any atom is -0.497 e. The topological polar surface area (TPSA) is 80.3 Å². The summed E-state index contributed by atoms with van der Waals surface area (Å²) in [6.45, 7) is 0.398. The van der Waals surface area contributed by atoms with Gasteiger partial charge < -0.3 is 15.4 Å². The van der Waals surface area contributed by atoms with Crippen molar-refractivity contribution in [2.24, 2.45) is 0 Å². The second-order valence-electron chi connectivity index (χ2n) is 6.42. The fourth-order valence-electron chi connectivity index (χ4n) is 3.05.